The second-order valence-electron chi connectivity index (χ2n) is 10.4. The lowest BCUT2D eigenvalue weighted by Gasteiger charge is -2.44. The summed E-state index contributed by atoms with van der Waals surface area (Å²) in [6.45, 7) is 1.17. The first-order chi connectivity index (χ1) is 18.3. The molecule has 0 N–H and O–H groups in total. The van der Waals surface area contributed by atoms with Gasteiger partial charge in [-0.15, -0.1) is 0 Å². The Kier molecular flexibility index (Phi) is 6.46. The van der Waals surface area contributed by atoms with E-state index < -0.39 is 21.3 Å². The summed E-state index contributed by atoms with van der Waals surface area (Å²) in [6.07, 6.45) is 2.83. The van der Waals surface area contributed by atoms with E-state index in [9.17, 15) is 17.6 Å². The topological polar surface area (TPSA) is 66.9 Å². The molecule has 3 aliphatic rings. The molecule has 1 spiro atoms. The molecule has 1 saturated carbocycles. The van der Waals surface area contributed by atoms with Crippen LogP contribution in [0.1, 0.15) is 36.8 Å². The Labute approximate surface area is 230 Å². The molecule has 3 aromatic rings. The summed E-state index contributed by atoms with van der Waals surface area (Å²) in [6, 6.07) is 20.1. The number of likely N-dealkylation sites (tertiary alicyclic amines) is 1. The van der Waals surface area contributed by atoms with Crippen molar-refractivity contribution in [1.29, 1.82) is 0 Å². The SMILES string of the molecule is O=C(OCc1ccccc1)N1CCC2(CC1)c1cc(Br)ccc1N(S(=O)(=O)c1ccc(F)cc1)C2C1CC1. The maximum Gasteiger partial charge on any atom is 0.410 e. The van der Waals surface area contributed by atoms with Crippen molar-refractivity contribution in [1.82, 2.24) is 4.90 Å². The normalized spacial score (nSPS) is 20.4. The molecule has 3 aromatic carbocycles. The second kappa shape index (κ2) is 9.68. The van der Waals surface area contributed by atoms with Crippen LogP contribution in [0.5, 0.6) is 0 Å². The average Bonchev–Trinajstić information content (AvgIpc) is 3.73. The van der Waals surface area contributed by atoms with Gasteiger partial charge >= 0.3 is 6.09 Å². The Bertz CT molecular complexity index is 1450. The van der Waals surface area contributed by atoms with Gasteiger partial charge in [-0.1, -0.05) is 46.3 Å². The van der Waals surface area contributed by atoms with E-state index in [1.807, 2.05) is 48.5 Å². The maximum absolute atomic E-state index is 14.1. The number of fused-ring (bicyclic) bond motifs is 2. The second-order valence-corrected chi connectivity index (χ2v) is 13.1. The van der Waals surface area contributed by atoms with Gasteiger partial charge in [0.05, 0.1) is 16.6 Å². The summed E-state index contributed by atoms with van der Waals surface area (Å²) >= 11 is 3.59. The predicted molar refractivity (Wildman–Crippen MR) is 146 cm³/mol. The molecule has 2 heterocycles. The average molecular weight is 600 g/mol. The number of hydrogen-bond donors (Lipinski definition) is 0. The monoisotopic (exact) mass is 598 g/mol. The van der Waals surface area contributed by atoms with Crippen molar-refractivity contribution in [2.75, 3.05) is 17.4 Å². The molecule has 2 aliphatic heterocycles. The fraction of sp³-hybridized carbons (Fsp3) is 0.345. The van der Waals surface area contributed by atoms with Crippen molar-refractivity contribution < 1.29 is 22.3 Å². The number of benzene rings is 3. The summed E-state index contributed by atoms with van der Waals surface area (Å²) in [5, 5.41) is 0. The van der Waals surface area contributed by atoms with E-state index in [1.165, 1.54) is 24.3 Å². The molecule has 198 valence electrons. The van der Waals surface area contributed by atoms with E-state index in [0.29, 0.717) is 31.6 Å². The number of halogens is 2. The zero-order chi connectivity index (χ0) is 26.5. The number of anilines is 1. The van der Waals surface area contributed by atoms with Crippen molar-refractivity contribution in [2.45, 2.75) is 48.6 Å². The van der Waals surface area contributed by atoms with Crippen molar-refractivity contribution in [2.24, 2.45) is 5.92 Å². The molecule has 0 bridgehead atoms. The molecule has 9 heteroatoms. The predicted octanol–water partition coefficient (Wildman–Crippen LogP) is 6.25. The Balaban J connectivity index is 1.31. The third-order valence-electron chi connectivity index (χ3n) is 8.11. The Morgan fingerprint density at radius 1 is 1.00 bits per heavy atom. The van der Waals surface area contributed by atoms with Gasteiger partial charge in [0.2, 0.25) is 0 Å². The van der Waals surface area contributed by atoms with Gasteiger partial charge in [-0.05, 0) is 85.2 Å². The number of carbonyl (C=O) groups is 1. The zero-order valence-electron chi connectivity index (χ0n) is 20.7. The van der Waals surface area contributed by atoms with Crippen molar-refractivity contribution in [3.63, 3.8) is 0 Å². The maximum atomic E-state index is 14.1. The van der Waals surface area contributed by atoms with Crippen LogP contribution in [0.15, 0.2) is 82.2 Å². The third-order valence-corrected chi connectivity index (χ3v) is 10.4. The van der Waals surface area contributed by atoms with Crippen molar-refractivity contribution in [3.8, 4) is 0 Å². The summed E-state index contributed by atoms with van der Waals surface area (Å²) < 4.78 is 49.8. The van der Waals surface area contributed by atoms with Crippen LogP contribution < -0.4 is 4.31 Å². The van der Waals surface area contributed by atoms with Crippen LogP contribution in [-0.2, 0) is 26.8 Å². The van der Waals surface area contributed by atoms with Crippen LogP contribution in [0, 0.1) is 11.7 Å². The summed E-state index contributed by atoms with van der Waals surface area (Å²) in [7, 11) is -3.93. The number of piperidine rings is 1. The number of amides is 1. The lowest BCUT2D eigenvalue weighted by atomic mass is 9.68. The lowest BCUT2D eigenvalue weighted by Crippen LogP contribution is -2.54. The molecule has 6 nitrogen and oxygen atoms in total. The summed E-state index contributed by atoms with van der Waals surface area (Å²) in [5.41, 5.74) is 2.17. The van der Waals surface area contributed by atoms with Gasteiger partial charge in [0.1, 0.15) is 12.4 Å². The van der Waals surface area contributed by atoms with Gasteiger partial charge in [-0.3, -0.25) is 4.31 Å². The summed E-state index contributed by atoms with van der Waals surface area (Å²) in [5.74, 6) is -0.246. The minimum absolute atomic E-state index is 0.0809. The van der Waals surface area contributed by atoms with Gasteiger partial charge < -0.3 is 9.64 Å². The Hall–Kier alpha value is -2.91. The van der Waals surface area contributed by atoms with Gasteiger partial charge in [0.15, 0.2) is 0 Å². The minimum atomic E-state index is -3.93. The molecule has 0 radical (unpaired) electrons. The van der Waals surface area contributed by atoms with Crippen LogP contribution in [-0.4, -0.2) is 38.5 Å². The van der Waals surface area contributed by atoms with Crippen LogP contribution in [0.25, 0.3) is 0 Å². The molecule has 38 heavy (non-hydrogen) atoms. The van der Waals surface area contributed by atoms with Gasteiger partial charge in [-0.25, -0.2) is 17.6 Å². The van der Waals surface area contributed by atoms with Crippen LogP contribution in [0.4, 0.5) is 14.9 Å². The first-order valence-electron chi connectivity index (χ1n) is 12.9. The van der Waals surface area contributed by atoms with Gasteiger partial charge in [0, 0.05) is 23.0 Å². The number of sulfonamides is 1. The highest BCUT2D eigenvalue weighted by atomic mass is 79.9. The third kappa shape index (κ3) is 4.39. The highest BCUT2D eigenvalue weighted by Crippen LogP contribution is 2.59. The van der Waals surface area contributed by atoms with Crippen LogP contribution in [0.3, 0.4) is 0 Å². The molecule has 1 atom stereocenters. The fourth-order valence-corrected chi connectivity index (χ4v) is 8.31. The molecule has 2 fully saturated rings. The highest BCUT2D eigenvalue weighted by molar-refractivity contribution is 9.10. The van der Waals surface area contributed by atoms with Crippen LogP contribution in [0.2, 0.25) is 0 Å². The van der Waals surface area contributed by atoms with Gasteiger partial charge in [0.25, 0.3) is 10.0 Å². The zero-order valence-corrected chi connectivity index (χ0v) is 23.1. The number of carbonyl (C=O) groups excluding carboxylic acids is 1. The molecule has 6 rings (SSSR count). The van der Waals surface area contributed by atoms with E-state index in [2.05, 4.69) is 15.9 Å². The fourth-order valence-electron chi connectivity index (χ4n) is 6.15. The lowest BCUT2D eigenvalue weighted by molar-refractivity contribution is 0.0737. The Morgan fingerprint density at radius 3 is 2.34 bits per heavy atom. The molecule has 0 aromatic heterocycles. The first-order valence-corrected chi connectivity index (χ1v) is 15.1. The van der Waals surface area contributed by atoms with E-state index in [1.54, 1.807) is 9.21 Å². The largest absolute Gasteiger partial charge is 0.445 e. The summed E-state index contributed by atoms with van der Waals surface area (Å²) in [4.78, 5) is 14.7. The van der Waals surface area contributed by atoms with E-state index in [4.69, 9.17) is 4.74 Å². The molecular weight excluding hydrogens is 571 g/mol. The van der Waals surface area contributed by atoms with E-state index in [0.717, 1.165) is 28.4 Å². The standard InChI is InChI=1S/C29H28BrFN2O4S/c30-22-8-13-26-25(18-22)29(14-16-32(17-15-29)28(34)37-19-20-4-2-1-3-5-20)27(21-6-7-21)33(26)38(35,36)24-11-9-23(31)10-12-24/h1-5,8-13,18,21,27H,6-7,14-17,19H2. The number of rotatable bonds is 5. The minimum Gasteiger partial charge on any atom is -0.445 e. The Morgan fingerprint density at radius 2 is 1.68 bits per heavy atom. The van der Waals surface area contributed by atoms with Crippen molar-refractivity contribution >= 4 is 37.7 Å². The smallest absolute Gasteiger partial charge is 0.410 e. The van der Waals surface area contributed by atoms with E-state index in [-0.39, 0.29) is 29.6 Å². The van der Waals surface area contributed by atoms with Gasteiger partial charge in [-0.2, -0.15) is 0 Å². The number of ether oxygens (including phenoxy) is 1. The molecule has 1 unspecified atom stereocenters. The highest BCUT2D eigenvalue weighted by Gasteiger charge is 2.60. The molecule has 1 aliphatic carbocycles. The molecule has 1 saturated heterocycles. The first kappa shape index (κ1) is 25.4. The quantitative estimate of drug-likeness (QED) is 0.348. The molecular formula is C29H28BrFN2O4S. The van der Waals surface area contributed by atoms with E-state index >= 15 is 0 Å². The number of hydrogen-bond acceptors (Lipinski definition) is 4. The van der Waals surface area contributed by atoms with Crippen LogP contribution >= 0.6 is 15.9 Å². The molecule has 1 amide bonds. The van der Waals surface area contributed by atoms with Crippen molar-refractivity contribution in [3.05, 3.63) is 94.2 Å². The number of nitrogens with zero attached hydrogens (tertiary/aromatic N) is 2.